The molecule has 242 valence electrons. The lowest BCUT2D eigenvalue weighted by atomic mass is 9.72. The van der Waals surface area contributed by atoms with Gasteiger partial charge < -0.3 is 19.3 Å². The van der Waals surface area contributed by atoms with Crippen LogP contribution in [0.3, 0.4) is 0 Å². The summed E-state index contributed by atoms with van der Waals surface area (Å²) in [5.41, 5.74) is -19.4. The van der Waals surface area contributed by atoms with Crippen LogP contribution in [0.5, 0.6) is 0 Å². The summed E-state index contributed by atoms with van der Waals surface area (Å²) in [5.74, 6) is -5.46. The molecule has 0 aliphatic heterocycles. The second-order valence-corrected chi connectivity index (χ2v) is 10.2. The van der Waals surface area contributed by atoms with Gasteiger partial charge in [0.2, 0.25) is 0 Å². The molecule has 0 heterocycles. The third-order valence-corrected chi connectivity index (χ3v) is 7.82. The molecular weight excluding hydrogens is 612 g/mol. The SMILES string of the molecule is C=CC(=O)OC1(C(O)(C(F)(F)F)C(F)(F)F)CCC(OC(C(F)(F)F)(C(F)(F)F)C(C)(OC(=O)C=C)C2CCCC2)C1. The van der Waals surface area contributed by atoms with Crippen LogP contribution in [0.1, 0.15) is 51.9 Å². The average Bonchev–Trinajstić information content (AvgIpc) is 3.50. The Hall–Kier alpha value is -2.50. The fourth-order valence-corrected chi connectivity index (χ4v) is 5.87. The number of rotatable bonds is 9. The highest BCUT2D eigenvalue weighted by molar-refractivity contribution is 5.82. The summed E-state index contributed by atoms with van der Waals surface area (Å²) in [7, 11) is 0. The molecule has 0 radical (unpaired) electrons. The Labute approximate surface area is 230 Å². The van der Waals surface area contributed by atoms with E-state index in [4.69, 9.17) is 0 Å². The van der Waals surface area contributed by atoms with Gasteiger partial charge in [-0.2, -0.15) is 52.7 Å². The molecule has 2 aliphatic carbocycles. The molecular formula is C24H26F12O6. The van der Waals surface area contributed by atoms with E-state index in [1.165, 1.54) is 0 Å². The number of aliphatic hydroxyl groups is 1. The third-order valence-electron chi connectivity index (χ3n) is 7.82. The minimum absolute atomic E-state index is 0.0741. The van der Waals surface area contributed by atoms with Gasteiger partial charge in [0.25, 0.3) is 11.2 Å². The highest BCUT2D eigenvalue weighted by Gasteiger charge is 2.86. The molecule has 6 nitrogen and oxygen atoms in total. The van der Waals surface area contributed by atoms with E-state index in [1.807, 2.05) is 0 Å². The number of hydrogen-bond donors (Lipinski definition) is 1. The largest absolute Gasteiger partial charge is 0.452 e. The molecule has 1 N–H and O–H groups in total. The first kappa shape index (κ1) is 35.7. The molecule has 3 unspecified atom stereocenters. The van der Waals surface area contributed by atoms with Crippen LogP contribution in [-0.2, 0) is 23.8 Å². The fraction of sp³-hybridized carbons (Fsp3) is 0.750. The first-order valence-corrected chi connectivity index (χ1v) is 12.2. The van der Waals surface area contributed by atoms with Gasteiger partial charge in [-0.1, -0.05) is 26.0 Å². The average molecular weight is 638 g/mol. The van der Waals surface area contributed by atoms with Gasteiger partial charge in [0.05, 0.1) is 6.10 Å². The Balaban J connectivity index is 2.83. The van der Waals surface area contributed by atoms with E-state index in [1.54, 1.807) is 0 Å². The van der Waals surface area contributed by atoms with Crippen molar-refractivity contribution >= 4 is 11.9 Å². The molecule has 3 atom stereocenters. The smallest absolute Gasteiger partial charge is 0.430 e. The molecule has 0 aromatic heterocycles. The number of ether oxygens (including phenoxy) is 3. The Bertz CT molecular complexity index is 1010. The van der Waals surface area contributed by atoms with Gasteiger partial charge in [-0.25, -0.2) is 9.59 Å². The van der Waals surface area contributed by atoms with Crippen molar-refractivity contribution in [3.05, 3.63) is 25.3 Å². The highest BCUT2D eigenvalue weighted by Crippen LogP contribution is 2.62. The van der Waals surface area contributed by atoms with Crippen molar-refractivity contribution in [2.45, 2.75) is 105 Å². The predicted molar refractivity (Wildman–Crippen MR) is 116 cm³/mol. The van der Waals surface area contributed by atoms with E-state index in [0.717, 1.165) is 0 Å². The van der Waals surface area contributed by atoms with Crippen LogP contribution in [0.4, 0.5) is 52.7 Å². The van der Waals surface area contributed by atoms with Gasteiger partial charge in [-0.15, -0.1) is 0 Å². The predicted octanol–water partition coefficient (Wildman–Crippen LogP) is 6.42. The lowest BCUT2D eigenvalue weighted by Gasteiger charge is -2.52. The molecule has 0 aromatic rings. The molecule has 18 heteroatoms. The van der Waals surface area contributed by atoms with E-state index >= 15 is 0 Å². The van der Waals surface area contributed by atoms with Crippen molar-refractivity contribution in [3.63, 3.8) is 0 Å². The number of carbonyl (C=O) groups is 2. The van der Waals surface area contributed by atoms with Crippen LogP contribution in [0.2, 0.25) is 0 Å². The van der Waals surface area contributed by atoms with Crippen LogP contribution < -0.4 is 0 Å². The van der Waals surface area contributed by atoms with Crippen molar-refractivity contribution in [2.24, 2.45) is 5.92 Å². The fourth-order valence-electron chi connectivity index (χ4n) is 5.87. The maximum absolute atomic E-state index is 14.7. The summed E-state index contributed by atoms with van der Waals surface area (Å²) in [6.45, 7) is 5.98. The molecule has 2 saturated carbocycles. The van der Waals surface area contributed by atoms with E-state index in [0.29, 0.717) is 0 Å². The normalized spacial score (nSPS) is 24.7. The molecule has 2 aliphatic rings. The first-order chi connectivity index (χ1) is 18.8. The monoisotopic (exact) mass is 638 g/mol. The number of alkyl halides is 12. The Morgan fingerprint density at radius 3 is 1.62 bits per heavy atom. The molecule has 0 amide bonds. The highest BCUT2D eigenvalue weighted by atomic mass is 19.4. The minimum atomic E-state index is -6.70. The molecule has 0 saturated heterocycles. The summed E-state index contributed by atoms with van der Waals surface area (Å²) in [6, 6.07) is 0. The zero-order chi connectivity index (χ0) is 32.8. The summed E-state index contributed by atoms with van der Waals surface area (Å²) >= 11 is 0. The van der Waals surface area contributed by atoms with E-state index in [2.05, 4.69) is 27.4 Å². The van der Waals surface area contributed by atoms with Crippen LogP contribution in [-0.4, -0.2) is 70.3 Å². The maximum atomic E-state index is 14.7. The summed E-state index contributed by atoms with van der Waals surface area (Å²) in [4.78, 5) is 23.9. The van der Waals surface area contributed by atoms with Gasteiger partial charge in [0.15, 0.2) is 11.2 Å². The second kappa shape index (κ2) is 11.2. The molecule has 0 aromatic carbocycles. The van der Waals surface area contributed by atoms with Crippen LogP contribution >= 0.6 is 0 Å². The van der Waals surface area contributed by atoms with E-state index in [9.17, 15) is 67.4 Å². The van der Waals surface area contributed by atoms with Gasteiger partial charge in [-0.3, -0.25) is 0 Å². The standard InChI is InChI=1S/C24H26F12O6/c1-4-15(37)41-17(3,13-8-6-7-9-13)20(23(31,32)33,24(34,35)36)40-14-10-11-18(12-14,42-16(38)5-2)19(39,21(25,26)27)22(28,29)30/h4-5,13-14,39H,1-2,6-12H2,3H3. The number of halogens is 12. The topological polar surface area (TPSA) is 82.1 Å². The summed E-state index contributed by atoms with van der Waals surface area (Å²) in [6.07, 6.45) is -34.8. The minimum Gasteiger partial charge on any atom is -0.452 e. The molecule has 42 heavy (non-hydrogen) atoms. The molecule has 0 spiro atoms. The van der Waals surface area contributed by atoms with Crippen molar-refractivity contribution in [1.82, 2.24) is 0 Å². The van der Waals surface area contributed by atoms with Gasteiger partial charge in [-0.05, 0) is 32.6 Å². The number of esters is 2. The molecule has 2 rings (SSSR count). The third kappa shape index (κ3) is 5.59. The second-order valence-electron chi connectivity index (χ2n) is 10.2. The molecule has 2 fully saturated rings. The lowest BCUT2D eigenvalue weighted by molar-refractivity contribution is -0.438. The Kier molecular flexibility index (Phi) is 9.53. The van der Waals surface area contributed by atoms with Crippen LogP contribution in [0.25, 0.3) is 0 Å². The van der Waals surface area contributed by atoms with Crippen LogP contribution in [0, 0.1) is 5.92 Å². The van der Waals surface area contributed by atoms with Crippen molar-refractivity contribution < 1.29 is 81.6 Å². The van der Waals surface area contributed by atoms with E-state index < -0.39 is 90.3 Å². The van der Waals surface area contributed by atoms with E-state index in [-0.39, 0.29) is 44.8 Å². The van der Waals surface area contributed by atoms with Gasteiger partial charge in [0.1, 0.15) is 0 Å². The lowest BCUT2D eigenvalue weighted by Crippen LogP contribution is -2.75. The Morgan fingerprint density at radius 2 is 1.24 bits per heavy atom. The first-order valence-electron chi connectivity index (χ1n) is 12.2. The zero-order valence-electron chi connectivity index (χ0n) is 21.7. The quantitative estimate of drug-likeness (QED) is 0.178. The van der Waals surface area contributed by atoms with Crippen molar-refractivity contribution in [1.29, 1.82) is 0 Å². The van der Waals surface area contributed by atoms with Crippen molar-refractivity contribution in [3.8, 4) is 0 Å². The number of carbonyl (C=O) groups excluding carboxylic acids is 2. The van der Waals surface area contributed by atoms with Gasteiger partial charge in [0, 0.05) is 24.5 Å². The molecule has 0 bridgehead atoms. The van der Waals surface area contributed by atoms with Gasteiger partial charge >= 0.3 is 36.6 Å². The summed E-state index contributed by atoms with van der Waals surface area (Å²) in [5, 5.41) is 10.1. The Morgan fingerprint density at radius 1 is 0.786 bits per heavy atom. The summed E-state index contributed by atoms with van der Waals surface area (Å²) < 4.78 is 185. The number of hydrogen-bond acceptors (Lipinski definition) is 6. The maximum Gasteiger partial charge on any atom is 0.430 e. The van der Waals surface area contributed by atoms with Crippen molar-refractivity contribution in [2.75, 3.05) is 0 Å². The zero-order valence-corrected chi connectivity index (χ0v) is 21.7. The van der Waals surface area contributed by atoms with Crippen LogP contribution in [0.15, 0.2) is 25.3 Å².